The number of carboxylic acids is 1. The number of aliphatic carboxylic acids is 1. The smallest absolute Gasteiger partial charge is 0.305 e. The number of carbonyl (C=O) groups excluding carboxylic acids is 2. The highest BCUT2D eigenvalue weighted by Gasteiger charge is 2.39. The van der Waals surface area contributed by atoms with Gasteiger partial charge in [-0.15, -0.1) is 0 Å². The summed E-state index contributed by atoms with van der Waals surface area (Å²) in [6, 6.07) is 7.03. The van der Waals surface area contributed by atoms with E-state index in [1.54, 1.807) is 11.9 Å². The van der Waals surface area contributed by atoms with Crippen LogP contribution in [0.25, 0.3) is 0 Å². The molecule has 4 rings (SSSR count). The molecule has 2 aromatic carbocycles. The predicted molar refractivity (Wildman–Crippen MR) is 112 cm³/mol. The van der Waals surface area contributed by atoms with Gasteiger partial charge in [0.15, 0.2) is 11.6 Å². The molecule has 10 heteroatoms. The van der Waals surface area contributed by atoms with E-state index in [0.29, 0.717) is 18.6 Å². The quantitative estimate of drug-likeness (QED) is 0.727. The fraction of sp³-hybridized carbons (Fsp3) is 0.348. The van der Waals surface area contributed by atoms with Gasteiger partial charge in [-0.25, -0.2) is 8.78 Å². The number of fused-ring (bicyclic) bond motifs is 2. The van der Waals surface area contributed by atoms with Crippen molar-refractivity contribution in [2.75, 3.05) is 19.0 Å². The van der Waals surface area contributed by atoms with E-state index in [-0.39, 0.29) is 41.8 Å². The van der Waals surface area contributed by atoms with Gasteiger partial charge in [-0.3, -0.25) is 14.4 Å². The molecule has 2 aliphatic rings. The molecule has 0 aromatic heterocycles. The van der Waals surface area contributed by atoms with Crippen LogP contribution in [0, 0.1) is 11.6 Å². The Balaban J connectivity index is 1.53. The zero-order chi connectivity index (χ0) is 23.7. The zero-order valence-electron chi connectivity index (χ0n) is 17.7. The first-order valence-corrected chi connectivity index (χ1v) is 10.4. The number of likely N-dealkylation sites (N-methyl/N-ethyl adjacent to an activating group) is 1. The van der Waals surface area contributed by atoms with E-state index in [9.17, 15) is 23.2 Å². The summed E-state index contributed by atoms with van der Waals surface area (Å²) >= 11 is 0. The molecule has 0 radical (unpaired) electrons. The van der Waals surface area contributed by atoms with E-state index in [2.05, 4.69) is 5.32 Å². The van der Waals surface area contributed by atoms with E-state index in [4.69, 9.17) is 14.6 Å². The molecule has 1 saturated heterocycles. The molecular weight excluding hydrogens is 438 g/mol. The lowest BCUT2D eigenvalue weighted by atomic mass is 9.94. The number of nitrogens with one attached hydrogen (secondary N) is 1. The number of anilines is 1. The molecule has 33 heavy (non-hydrogen) atoms. The Kier molecular flexibility index (Phi) is 6.28. The highest BCUT2D eigenvalue weighted by molar-refractivity contribution is 6.05. The van der Waals surface area contributed by atoms with Crippen molar-refractivity contribution in [1.82, 2.24) is 4.90 Å². The van der Waals surface area contributed by atoms with Gasteiger partial charge in [0.1, 0.15) is 18.5 Å². The first-order chi connectivity index (χ1) is 15.7. The van der Waals surface area contributed by atoms with E-state index in [1.807, 2.05) is 0 Å². The molecule has 2 heterocycles. The molecule has 0 bridgehead atoms. The van der Waals surface area contributed by atoms with Gasteiger partial charge in [-0.2, -0.15) is 0 Å². The number of hydrogen-bond acceptors (Lipinski definition) is 5. The SMILES string of the molecule is CN1C(=O)c2cc(NC(=O)c3ccc(F)c(F)c3)ccc2OC[C@H]2O[C@H](CC(=O)O)CC[C@@H]21. The Morgan fingerprint density at radius 2 is 1.94 bits per heavy atom. The summed E-state index contributed by atoms with van der Waals surface area (Å²) < 4.78 is 38.3. The third-order valence-electron chi connectivity index (χ3n) is 5.85. The topological polar surface area (TPSA) is 105 Å². The third-order valence-corrected chi connectivity index (χ3v) is 5.85. The van der Waals surface area contributed by atoms with Gasteiger partial charge in [0.2, 0.25) is 0 Å². The van der Waals surface area contributed by atoms with Crippen LogP contribution in [0.5, 0.6) is 5.75 Å². The number of carbonyl (C=O) groups is 3. The van der Waals surface area contributed by atoms with E-state index in [1.165, 1.54) is 18.2 Å². The van der Waals surface area contributed by atoms with Gasteiger partial charge in [0.25, 0.3) is 11.8 Å². The molecule has 2 amide bonds. The molecule has 3 atom stereocenters. The van der Waals surface area contributed by atoms with Crippen LogP contribution in [-0.2, 0) is 9.53 Å². The maximum atomic E-state index is 13.4. The minimum absolute atomic E-state index is 0.0709. The maximum Gasteiger partial charge on any atom is 0.305 e. The first kappa shape index (κ1) is 22.7. The summed E-state index contributed by atoms with van der Waals surface area (Å²) in [6.45, 7) is 0.131. The molecule has 0 unspecified atom stereocenters. The summed E-state index contributed by atoms with van der Waals surface area (Å²) in [7, 11) is 1.64. The van der Waals surface area contributed by atoms with Crippen molar-refractivity contribution < 1.29 is 37.7 Å². The molecule has 2 aromatic rings. The summed E-state index contributed by atoms with van der Waals surface area (Å²) in [6.07, 6.45) is 0.0400. The van der Waals surface area contributed by atoms with E-state index in [0.717, 1.165) is 18.2 Å². The second kappa shape index (κ2) is 9.14. The Morgan fingerprint density at radius 1 is 1.15 bits per heavy atom. The third kappa shape index (κ3) is 4.80. The molecule has 2 aliphatic heterocycles. The van der Waals surface area contributed by atoms with Crippen LogP contribution in [0.3, 0.4) is 0 Å². The number of carboxylic acid groups (broad SMARTS) is 1. The Bertz CT molecular complexity index is 1110. The highest BCUT2D eigenvalue weighted by atomic mass is 19.2. The number of amides is 2. The van der Waals surface area contributed by atoms with Gasteiger partial charge < -0.3 is 24.8 Å². The highest BCUT2D eigenvalue weighted by Crippen LogP contribution is 2.32. The fourth-order valence-corrected chi connectivity index (χ4v) is 4.14. The van der Waals surface area contributed by atoms with Crippen molar-refractivity contribution in [1.29, 1.82) is 0 Å². The largest absolute Gasteiger partial charge is 0.490 e. The Labute approximate surface area is 188 Å². The maximum absolute atomic E-state index is 13.4. The van der Waals surface area contributed by atoms with Crippen molar-refractivity contribution in [3.63, 3.8) is 0 Å². The normalized spacial score (nSPS) is 22.3. The standard InChI is InChI=1S/C23H22F2N2O6/c1-27-18-6-4-14(10-21(28)29)33-20(18)11-32-19-7-3-13(9-15(19)23(27)31)26-22(30)12-2-5-16(24)17(25)8-12/h2-3,5,7-9,14,18,20H,4,6,10-11H2,1H3,(H,26,30)(H,28,29)/t14-,18-,20+/m0/s1. The van der Waals surface area contributed by atoms with Crippen LogP contribution in [0.1, 0.15) is 40.0 Å². The molecule has 0 saturated carbocycles. The van der Waals surface area contributed by atoms with Crippen molar-refractivity contribution in [3.8, 4) is 5.75 Å². The zero-order valence-corrected chi connectivity index (χ0v) is 17.7. The second-order valence-corrected chi connectivity index (χ2v) is 8.06. The first-order valence-electron chi connectivity index (χ1n) is 10.4. The van der Waals surface area contributed by atoms with Crippen molar-refractivity contribution >= 4 is 23.5 Å². The molecule has 174 valence electrons. The van der Waals surface area contributed by atoms with Crippen LogP contribution in [0.2, 0.25) is 0 Å². The number of rotatable bonds is 4. The van der Waals surface area contributed by atoms with E-state index >= 15 is 0 Å². The summed E-state index contributed by atoms with van der Waals surface area (Å²) in [5.41, 5.74) is 0.442. The van der Waals surface area contributed by atoms with Crippen molar-refractivity contribution in [3.05, 3.63) is 59.2 Å². The Morgan fingerprint density at radius 3 is 2.67 bits per heavy atom. The lowest BCUT2D eigenvalue weighted by Gasteiger charge is -2.42. The molecule has 2 N–H and O–H groups in total. The van der Waals surface area contributed by atoms with Crippen LogP contribution >= 0.6 is 0 Å². The summed E-state index contributed by atoms with van der Waals surface area (Å²) in [5, 5.41) is 11.6. The second-order valence-electron chi connectivity index (χ2n) is 8.06. The number of benzene rings is 2. The van der Waals surface area contributed by atoms with Gasteiger partial charge >= 0.3 is 5.97 Å². The van der Waals surface area contributed by atoms with Gasteiger partial charge in [0.05, 0.1) is 24.1 Å². The number of halogens is 2. The van der Waals surface area contributed by atoms with Gasteiger partial charge in [0, 0.05) is 18.3 Å². The molecule has 8 nitrogen and oxygen atoms in total. The van der Waals surface area contributed by atoms with Crippen LogP contribution in [0.15, 0.2) is 36.4 Å². The number of ether oxygens (including phenoxy) is 2. The van der Waals surface area contributed by atoms with Gasteiger partial charge in [-0.1, -0.05) is 0 Å². The van der Waals surface area contributed by atoms with Crippen LogP contribution < -0.4 is 10.1 Å². The number of hydrogen-bond donors (Lipinski definition) is 2. The minimum atomic E-state index is -1.14. The van der Waals surface area contributed by atoms with E-state index < -0.39 is 35.7 Å². The van der Waals surface area contributed by atoms with Crippen molar-refractivity contribution in [2.45, 2.75) is 37.5 Å². The molecule has 1 fully saturated rings. The molecule has 0 aliphatic carbocycles. The molecule has 0 spiro atoms. The fourth-order valence-electron chi connectivity index (χ4n) is 4.14. The van der Waals surface area contributed by atoms with Gasteiger partial charge in [-0.05, 0) is 49.2 Å². The molecular formula is C23H22F2N2O6. The van der Waals surface area contributed by atoms with Crippen molar-refractivity contribution in [2.24, 2.45) is 0 Å². The predicted octanol–water partition coefficient (Wildman–Crippen LogP) is 3.07. The minimum Gasteiger partial charge on any atom is -0.490 e. The summed E-state index contributed by atoms with van der Waals surface area (Å²) in [5.74, 6) is -3.85. The summed E-state index contributed by atoms with van der Waals surface area (Å²) in [4.78, 5) is 38.2. The Hall–Kier alpha value is -3.53. The average Bonchev–Trinajstić information content (AvgIpc) is 2.78. The number of nitrogens with zero attached hydrogens (tertiary/aromatic N) is 1. The van der Waals surface area contributed by atoms with Crippen LogP contribution in [0.4, 0.5) is 14.5 Å². The van der Waals surface area contributed by atoms with Crippen LogP contribution in [-0.4, -0.2) is 59.7 Å². The lowest BCUT2D eigenvalue weighted by molar-refractivity contribution is -0.148. The monoisotopic (exact) mass is 460 g/mol. The average molecular weight is 460 g/mol. The lowest BCUT2D eigenvalue weighted by Crippen LogP contribution is -2.53.